The highest BCUT2D eigenvalue weighted by Gasteiger charge is 2.24. The minimum atomic E-state index is -0.657. The third kappa shape index (κ3) is 4.77. The van der Waals surface area contributed by atoms with Crippen LogP contribution in [0.25, 0.3) is 0 Å². The van der Waals surface area contributed by atoms with Crippen molar-refractivity contribution in [2.75, 3.05) is 0 Å². The normalized spacial score (nSPS) is 12.6. The van der Waals surface area contributed by atoms with Crippen LogP contribution >= 0.6 is 0 Å². The Bertz CT molecular complexity index is 528. The molecule has 0 amide bonds. The van der Waals surface area contributed by atoms with Crippen LogP contribution in [0.3, 0.4) is 0 Å². The van der Waals surface area contributed by atoms with Gasteiger partial charge in [-0.2, -0.15) is 0 Å². The summed E-state index contributed by atoms with van der Waals surface area (Å²) in [6.45, 7) is 8.84. The van der Waals surface area contributed by atoms with Crippen molar-refractivity contribution in [3.05, 3.63) is 23.8 Å². The van der Waals surface area contributed by atoms with E-state index in [9.17, 15) is 14.7 Å². The number of benzene rings is 1. The van der Waals surface area contributed by atoms with E-state index in [4.69, 9.17) is 9.47 Å². The molecule has 116 valence electrons. The van der Waals surface area contributed by atoms with Crippen LogP contribution in [0.2, 0.25) is 0 Å². The molecule has 1 aromatic carbocycles. The molecule has 0 fully saturated rings. The fraction of sp³-hybridized carbons (Fsp3) is 0.500. The fourth-order valence-electron chi connectivity index (χ4n) is 1.33. The Labute approximate surface area is 124 Å². The molecule has 1 unspecified atom stereocenters. The zero-order chi connectivity index (χ0) is 16.2. The second kappa shape index (κ2) is 6.61. The molecule has 0 heterocycles. The number of carbonyl (C=O) groups excluding carboxylic acids is 2. The van der Waals surface area contributed by atoms with E-state index >= 15 is 0 Å². The van der Waals surface area contributed by atoms with Crippen molar-refractivity contribution in [2.45, 2.75) is 47.1 Å². The van der Waals surface area contributed by atoms with Gasteiger partial charge in [0.05, 0.1) is 11.5 Å². The molecule has 0 bridgehead atoms. The first-order chi connectivity index (χ1) is 9.65. The average molecular weight is 294 g/mol. The van der Waals surface area contributed by atoms with E-state index < -0.39 is 17.4 Å². The smallest absolute Gasteiger partial charge is 0.342 e. The Morgan fingerprint density at radius 1 is 1.29 bits per heavy atom. The van der Waals surface area contributed by atoms with Gasteiger partial charge in [0, 0.05) is 0 Å². The van der Waals surface area contributed by atoms with Crippen molar-refractivity contribution in [1.82, 2.24) is 0 Å². The number of aromatic hydroxyl groups is 1. The van der Waals surface area contributed by atoms with Gasteiger partial charge in [0.1, 0.15) is 17.1 Å². The summed E-state index contributed by atoms with van der Waals surface area (Å²) in [7, 11) is 0. The van der Waals surface area contributed by atoms with E-state index in [0.717, 1.165) is 0 Å². The van der Waals surface area contributed by atoms with Crippen molar-refractivity contribution >= 4 is 11.9 Å². The molecule has 5 nitrogen and oxygen atoms in total. The molecular formula is C16H22O5. The molecule has 0 aromatic heterocycles. The molecule has 0 saturated carbocycles. The molecule has 1 N–H and O–H groups in total. The topological polar surface area (TPSA) is 72.8 Å². The Morgan fingerprint density at radius 2 is 1.90 bits per heavy atom. The number of rotatable bonds is 4. The van der Waals surface area contributed by atoms with Gasteiger partial charge in [0.25, 0.3) is 0 Å². The second-order valence-corrected chi connectivity index (χ2v) is 5.94. The van der Waals surface area contributed by atoms with E-state index in [2.05, 4.69) is 0 Å². The van der Waals surface area contributed by atoms with E-state index in [1.165, 1.54) is 18.2 Å². The van der Waals surface area contributed by atoms with Crippen molar-refractivity contribution in [3.63, 3.8) is 0 Å². The Balaban J connectivity index is 2.95. The maximum absolute atomic E-state index is 11.9. The number of esters is 2. The van der Waals surface area contributed by atoms with Crippen molar-refractivity contribution < 1.29 is 24.2 Å². The highest BCUT2D eigenvalue weighted by Crippen LogP contribution is 2.26. The first kappa shape index (κ1) is 17.0. The number of carbonyl (C=O) groups is 2. The summed E-state index contributed by atoms with van der Waals surface area (Å²) < 4.78 is 10.4. The maximum Gasteiger partial charge on any atom is 0.342 e. The van der Waals surface area contributed by atoms with Gasteiger partial charge in [-0.25, -0.2) is 4.79 Å². The molecule has 1 aromatic rings. The highest BCUT2D eigenvalue weighted by molar-refractivity contribution is 5.93. The number of hydrogen-bond acceptors (Lipinski definition) is 5. The number of hydrogen-bond donors (Lipinski definition) is 1. The van der Waals surface area contributed by atoms with Crippen LogP contribution in [0.1, 0.15) is 51.4 Å². The third-order valence-electron chi connectivity index (χ3n) is 2.89. The lowest BCUT2D eigenvalue weighted by molar-refractivity contribution is -0.143. The average Bonchev–Trinajstić information content (AvgIpc) is 2.39. The maximum atomic E-state index is 11.9. The summed E-state index contributed by atoms with van der Waals surface area (Å²) in [4.78, 5) is 23.8. The van der Waals surface area contributed by atoms with Crippen LogP contribution in [0.15, 0.2) is 18.2 Å². The second-order valence-electron chi connectivity index (χ2n) is 5.94. The van der Waals surface area contributed by atoms with Crippen LogP contribution in [0.5, 0.6) is 11.5 Å². The van der Waals surface area contributed by atoms with Crippen molar-refractivity contribution in [2.24, 2.45) is 5.41 Å². The zero-order valence-electron chi connectivity index (χ0n) is 13.1. The third-order valence-corrected chi connectivity index (χ3v) is 2.89. The Hall–Kier alpha value is -2.04. The van der Waals surface area contributed by atoms with Gasteiger partial charge in [0.2, 0.25) is 0 Å². The summed E-state index contributed by atoms with van der Waals surface area (Å²) in [5.41, 5.74) is -0.676. The van der Waals surface area contributed by atoms with Crippen LogP contribution < -0.4 is 4.74 Å². The Kier molecular flexibility index (Phi) is 5.35. The van der Waals surface area contributed by atoms with Gasteiger partial charge in [-0.15, -0.1) is 0 Å². The van der Waals surface area contributed by atoms with Gasteiger partial charge in [-0.3, -0.25) is 4.79 Å². The van der Waals surface area contributed by atoms with E-state index in [-0.39, 0.29) is 23.2 Å². The SMILES string of the molecule is CCC(C)OC(=O)c1cc(OC(=O)C(C)(C)C)ccc1O. The zero-order valence-corrected chi connectivity index (χ0v) is 13.1. The number of phenols is 1. The summed E-state index contributed by atoms with van der Waals surface area (Å²) in [6, 6.07) is 4.04. The van der Waals surface area contributed by atoms with Crippen LogP contribution in [0, 0.1) is 5.41 Å². The first-order valence-corrected chi connectivity index (χ1v) is 6.91. The fourth-order valence-corrected chi connectivity index (χ4v) is 1.33. The van der Waals surface area contributed by atoms with E-state index in [1.807, 2.05) is 6.92 Å². The lowest BCUT2D eigenvalue weighted by Crippen LogP contribution is -2.25. The predicted octanol–water partition coefficient (Wildman–Crippen LogP) is 3.30. The van der Waals surface area contributed by atoms with Crippen LogP contribution in [0.4, 0.5) is 0 Å². The van der Waals surface area contributed by atoms with Gasteiger partial charge in [-0.05, 0) is 52.3 Å². The molecular weight excluding hydrogens is 272 g/mol. The van der Waals surface area contributed by atoms with Gasteiger partial charge in [-0.1, -0.05) is 6.92 Å². The van der Waals surface area contributed by atoms with Gasteiger partial charge >= 0.3 is 11.9 Å². The summed E-state index contributed by atoms with van der Waals surface area (Å²) in [5.74, 6) is -1.08. The molecule has 1 rings (SSSR count). The van der Waals surface area contributed by atoms with E-state index in [0.29, 0.717) is 6.42 Å². The monoisotopic (exact) mass is 294 g/mol. The van der Waals surface area contributed by atoms with Gasteiger partial charge in [0.15, 0.2) is 0 Å². The molecule has 0 spiro atoms. The quantitative estimate of drug-likeness (QED) is 0.681. The molecule has 0 aliphatic heterocycles. The lowest BCUT2D eigenvalue weighted by Gasteiger charge is -2.17. The van der Waals surface area contributed by atoms with Gasteiger partial charge < -0.3 is 14.6 Å². The highest BCUT2D eigenvalue weighted by atomic mass is 16.5. The van der Waals surface area contributed by atoms with Crippen LogP contribution in [-0.2, 0) is 9.53 Å². The molecule has 0 saturated heterocycles. The standard InChI is InChI=1S/C16H22O5/c1-6-10(2)20-14(18)12-9-11(7-8-13(12)17)21-15(19)16(3,4)5/h7-10,17H,6H2,1-5H3. The summed E-state index contributed by atoms with van der Waals surface area (Å²) in [5, 5.41) is 9.74. The van der Waals surface area contributed by atoms with Crippen molar-refractivity contribution in [3.8, 4) is 11.5 Å². The molecule has 0 aliphatic rings. The number of ether oxygens (including phenoxy) is 2. The largest absolute Gasteiger partial charge is 0.507 e. The Morgan fingerprint density at radius 3 is 2.43 bits per heavy atom. The minimum Gasteiger partial charge on any atom is -0.507 e. The summed E-state index contributed by atoms with van der Waals surface area (Å²) >= 11 is 0. The number of phenolic OH excluding ortho intramolecular Hbond substituents is 1. The predicted molar refractivity (Wildman–Crippen MR) is 78.4 cm³/mol. The molecule has 0 aliphatic carbocycles. The molecule has 0 radical (unpaired) electrons. The van der Waals surface area contributed by atoms with E-state index in [1.54, 1.807) is 27.7 Å². The minimum absolute atomic E-state index is 0.0190. The molecule has 1 atom stereocenters. The van der Waals surface area contributed by atoms with Crippen molar-refractivity contribution in [1.29, 1.82) is 0 Å². The first-order valence-electron chi connectivity index (χ1n) is 6.91. The molecule has 21 heavy (non-hydrogen) atoms. The molecule has 5 heteroatoms. The van der Waals surface area contributed by atoms with Crippen LogP contribution in [-0.4, -0.2) is 23.1 Å². The lowest BCUT2D eigenvalue weighted by atomic mass is 9.97. The summed E-state index contributed by atoms with van der Waals surface area (Å²) in [6.07, 6.45) is 0.420.